The fourth-order valence-electron chi connectivity index (χ4n) is 3.70. The number of ether oxygens (including phenoxy) is 1. The van der Waals surface area contributed by atoms with Gasteiger partial charge in [-0.15, -0.1) is 0 Å². The van der Waals surface area contributed by atoms with Gasteiger partial charge in [0.15, 0.2) is 6.61 Å². The lowest BCUT2D eigenvalue weighted by Gasteiger charge is -2.29. The molecule has 1 saturated carbocycles. The number of halogens is 2. The average Bonchev–Trinajstić information content (AvgIpc) is 3.26. The van der Waals surface area contributed by atoms with Gasteiger partial charge >= 0.3 is 0 Å². The first-order chi connectivity index (χ1) is 14.8. The number of amides is 2. The van der Waals surface area contributed by atoms with E-state index in [0.29, 0.717) is 12.3 Å². The van der Waals surface area contributed by atoms with Crippen molar-refractivity contribution in [2.45, 2.75) is 58.2 Å². The van der Waals surface area contributed by atoms with Crippen molar-refractivity contribution >= 4 is 43.7 Å². The first-order valence-electron chi connectivity index (χ1n) is 10.6. The Balaban J connectivity index is 1.71. The smallest absolute Gasteiger partial charge is 0.261 e. The van der Waals surface area contributed by atoms with Crippen LogP contribution in [0.2, 0.25) is 0 Å². The third-order valence-corrected chi connectivity index (χ3v) is 7.05. The summed E-state index contributed by atoms with van der Waals surface area (Å²) in [5.41, 5.74) is 1.98. The molecular formula is C24H28Br2N2O3. The molecule has 166 valence electrons. The van der Waals surface area contributed by atoms with Crippen molar-refractivity contribution in [3.05, 3.63) is 62.5 Å². The minimum Gasteiger partial charge on any atom is -0.484 e. The molecule has 5 nitrogen and oxygen atoms in total. The summed E-state index contributed by atoms with van der Waals surface area (Å²) in [7, 11) is 0. The standard InChI is InChI=1S/C24H28Br2N2O3/c1-16-13-21(11-12-22(16)26)31-15-23(29)28(14-18-7-9-19(25)10-8-18)17(2)24(30)27-20-5-3-4-6-20/h7-13,17,20H,3-6,14-15H2,1-2H3,(H,27,30)/t17-/m1/s1. The molecule has 0 unspecified atom stereocenters. The maximum atomic E-state index is 13.1. The van der Waals surface area contributed by atoms with Crippen molar-refractivity contribution in [1.82, 2.24) is 10.2 Å². The van der Waals surface area contributed by atoms with Gasteiger partial charge in [0.05, 0.1) is 0 Å². The van der Waals surface area contributed by atoms with Gasteiger partial charge in [-0.1, -0.05) is 56.8 Å². The van der Waals surface area contributed by atoms with Crippen LogP contribution >= 0.6 is 31.9 Å². The minimum atomic E-state index is -0.591. The third-order valence-electron chi connectivity index (χ3n) is 5.63. The van der Waals surface area contributed by atoms with Crippen LogP contribution in [-0.2, 0) is 16.1 Å². The van der Waals surface area contributed by atoms with Gasteiger partial charge < -0.3 is 15.0 Å². The maximum absolute atomic E-state index is 13.1. The van der Waals surface area contributed by atoms with E-state index in [1.165, 1.54) is 0 Å². The molecule has 0 radical (unpaired) electrons. The monoisotopic (exact) mass is 550 g/mol. The Hall–Kier alpha value is -1.86. The summed E-state index contributed by atoms with van der Waals surface area (Å²) in [6.07, 6.45) is 4.29. The number of rotatable bonds is 8. The fraction of sp³-hybridized carbons (Fsp3) is 0.417. The maximum Gasteiger partial charge on any atom is 0.261 e. The molecule has 2 aromatic carbocycles. The molecular weight excluding hydrogens is 524 g/mol. The number of hydrogen-bond donors (Lipinski definition) is 1. The van der Waals surface area contributed by atoms with Crippen molar-refractivity contribution in [1.29, 1.82) is 0 Å². The normalized spacial score (nSPS) is 14.8. The van der Waals surface area contributed by atoms with Gasteiger partial charge in [-0.05, 0) is 68.1 Å². The molecule has 0 saturated heterocycles. The van der Waals surface area contributed by atoms with E-state index in [0.717, 1.165) is 45.8 Å². The predicted octanol–water partition coefficient (Wildman–Crippen LogP) is 5.37. The highest BCUT2D eigenvalue weighted by Gasteiger charge is 2.28. The lowest BCUT2D eigenvalue weighted by Crippen LogP contribution is -2.50. The Kier molecular flexibility index (Phi) is 8.55. The number of nitrogens with zero attached hydrogens (tertiary/aromatic N) is 1. The topological polar surface area (TPSA) is 58.6 Å². The van der Waals surface area contributed by atoms with Crippen LogP contribution in [0.1, 0.15) is 43.7 Å². The van der Waals surface area contributed by atoms with Crippen LogP contribution in [0.3, 0.4) is 0 Å². The second-order valence-corrected chi connectivity index (χ2v) is 9.78. The van der Waals surface area contributed by atoms with E-state index in [1.54, 1.807) is 11.8 Å². The zero-order chi connectivity index (χ0) is 22.4. The fourth-order valence-corrected chi connectivity index (χ4v) is 4.21. The number of carbonyl (C=O) groups excluding carboxylic acids is 2. The molecule has 1 aliphatic rings. The van der Waals surface area contributed by atoms with Crippen LogP contribution < -0.4 is 10.1 Å². The van der Waals surface area contributed by atoms with Crippen molar-refractivity contribution < 1.29 is 14.3 Å². The molecule has 3 rings (SSSR count). The molecule has 1 aliphatic carbocycles. The highest BCUT2D eigenvalue weighted by molar-refractivity contribution is 9.10. The summed E-state index contributed by atoms with van der Waals surface area (Å²) >= 11 is 6.90. The van der Waals surface area contributed by atoms with Gasteiger partial charge in [-0.25, -0.2) is 0 Å². The highest BCUT2D eigenvalue weighted by Crippen LogP contribution is 2.22. The molecule has 2 amide bonds. The molecule has 0 spiro atoms. The number of nitrogens with one attached hydrogen (secondary N) is 1. The van der Waals surface area contributed by atoms with E-state index in [4.69, 9.17) is 4.74 Å². The molecule has 31 heavy (non-hydrogen) atoms. The molecule has 1 atom stereocenters. The van der Waals surface area contributed by atoms with Gasteiger partial charge in [-0.2, -0.15) is 0 Å². The molecule has 0 bridgehead atoms. The molecule has 0 aromatic heterocycles. The van der Waals surface area contributed by atoms with E-state index in [-0.39, 0.29) is 24.5 Å². The summed E-state index contributed by atoms with van der Waals surface area (Å²) in [5, 5.41) is 3.11. The first kappa shape index (κ1) is 23.8. The van der Waals surface area contributed by atoms with Crippen molar-refractivity contribution in [3.8, 4) is 5.75 Å². The zero-order valence-corrected chi connectivity index (χ0v) is 21.0. The van der Waals surface area contributed by atoms with Crippen LogP contribution in [0.25, 0.3) is 0 Å². The lowest BCUT2D eigenvalue weighted by atomic mass is 10.1. The van der Waals surface area contributed by atoms with E-state index < -0.39 is 6.04 Å². The molecule has 2 aromatic rings. The number of hydrogen-bond acceptors (Lipinski definition) is 3. The lowest BCUT2D eigenvalue weighted by molar-refractivity contribution is -0.142. The van der Waals surface area contributed by atoms with Gasteiger partial charge in [-0.3, -0.25) is 9.59 Å². The second kappa shape index (κ2) is 11.1. The average molecular weight is 552 g/mol. The molecule has 1 N–H and O–H groups in total. The minimum absolute atomic E-state index is 0.114. The zero-order valence-electron chi connectivity index (χ0n) is 17.9. The summed E-state index contributed by atoms with van der Waals surface area (Å²) in [6, 6.07) is 13.0. The largest absolute Gasteiger partial charge is 0.484 e. The van der Waals surface area contributed by atoms with Crippen molar-refractivity contribution in [3.63, 3.8) is 0 Å². The van der Waals surface area contributed by atoms with Gasteiger partial charge in [0.1, 0.15) is 11.8 Å². The summed E-state index contributed by atoms with van der Waals surface area (Å²) in [5.74, 6) is 0.287. The summed E-state index contributed by atoms with van der Waals surface area (Å²) < 4.78 is 7.71. The van der Waals surface area contributed by atoms with Crippen LogP contribution in [0.15, 0.2) is 51.4 Å². The highest BCUT2D eigenvalue weighted by atomic mass is 79.9. The molecule has 1 fully saturated rings. The van der Waals surface area contributed by atoms with Gasteiger partial charge in [0, 0.05) is 21.5 Å². The van der Waals surface area contributed by atoms with E-state index in [9.17, 15) is 9.59 Å². The van der Waals surface area contributed by atoms with Crippen LogP contribution in [-0.4, -0.2) is 35.4 Å². The summed E-state index contributed by atoms with van der Waals surface area (Å²) in [6.45, 7) is 3.96. The van der Waals surface area contributed by atoms with Crippen LogP contribution in [0.4, 0.5) is 0 Å². The third kappa shape index (κ3) is 6.81. The van der Waals surface area contributed by atoms with E-state index >= 15 is 0 Å². The van der Waals surface area contributed by atoms with Gasteiger partial charge in [0.25, 0.3) is 5.91 Å². The van der Waals surface area contributed by atoms with Crippen LogP contribution in [0.5, 0.6) is 5.75 Å². The van der Waals surface area contributed by atoms with Crippen molar-refractivity contribution in [2.75, 3.05) is 6.61 Å². The van der Waals surface area contributed by atoms with Crippen LogP contribution in [0, 0.1) is 6.92 Å². The Morgan fingerprint density at radius 2 is 1.81 bits per heavy atom. The Morgan fingerprint density at radius 1 is 1.13 bits per heavy atom. The Bertz CT molecular complexity index is 912. The quantitative estimate of drug-likeness (QED) is 0.479. The molecule has 7 heteroatoms. The first-order valence-corrected chi connectivity index (χ1v) is 12.2. The predicted molar refractivity (Wildman–Crippen MR) is 129 cm³/mol. The Labute approximate surface area is 200 Å². The summed E-state index contributed by atoms with van der Waals surface area (Å²) in [4.78, 5) is 27.6. The molecule has 0 aliphatic heterocycles. The number of benzene rings is 2. The van der Waals surface area contributed by atoms with Gasteiger partial charge in [0.2, 0.25) is 5.91 Å². The van der Waals surface area contributed by atoms with E-state index in [2.05, 4.69) is 37.2 Å². The number of carbonyl (C=O) groups is 2. The number of aryl methyl sites for hydroxylation is 1. The SMILES string of the molecule is Cc1cc(OCC(=O)N(Cc2ccc(Br)cc2)[C@H](C)C(=O)NC2CCCC2)ccc1Br. The van der Waals surface area contributed by atoms with E-state index in [1.807, 2.05) is 49.4 Å². The second-order valence-electron chi connectivity index (χ2n) is 8.01. The van der Waals surface area contributed by atoms with Crippen molar-refractivity contribution in [2.24, 2.45) is 0 Å². The molecule has 0 heterocycles. The Morgan fingerprint density at radius 3 is 2.45 bits per heavy atom.